The molecule has 4 nitrogen and oxygen atoms in total. The lowest BCUT2D eigenvalue weighted by atomic mass is 9.87. The number of aryl methyl sites for hydroxylation is 1. The monoisotopic (exact) mass is 391 g/mol. The molecule has 144 valence electrons. The van der Waals surface area contributed by atoms with Crippen molar-refractivity contribution in [3.05, 3.63) is 71.0 Å². The van der Waals surface area contributed by atoms with Gasteiger partial charge >= 0.3 is 0 Å². The second-order valence-corrected chi connectivity index (χ2v) is 8.17. The first-order valence-corrected chi connectivity index (χ1v) is 10.8. The summed E-state index contributed by atoms with van der Waals surface area (Å²) < 4.78 is 0. The number of fused-ring (bicyclic) bond motifs is 1. The quantitative estimate of drug-likeness (QED) is 0.619. The molecule has 0 saturated carbocycles. The largest absolute Gasteiger partial charge is 0.339 e. The van der Waals surface area contributed by atoms with Crippen LogP contribution in [-0.4, -0.2) is 33.4 Å². The van der Waals surface area contributed by atoms with Crippen LogP contribution >= 0.6 is 11.3 Å². The number of rotatable bonds is 6. The molecule has 0 spiro atoms. The second kappa shape index (κ2) is 8.65. The van der Waals surface area contributed by atoms with E-state index < -0.39 is 0 Å². The lowest BCUT2D eigenvalue weighted by Crippen LogP contribution is -2.44. The van der Waals surface area contributed by atoms with Gasteiger partial charge in [-0.15, -0.1) is 11.3 Å². The maximum Gasteiger partial charge on any atom is 0.228 e. The maximum absolute atomic E-state index is 13.1. The molecular weight excluding hydrogens is 366 g/mol. The molecule has 28 heavy (non-hydrogen) atoms. The fourth-order valence-electron chi connectivity index (χ4n) is 3.96. The number of thiazole rings is 1. The fraction of sp³-hybridized carbons (Fsp3) is 0.348. The van der Waals surface area contributed by atoms with Gasteiger partial charge in [0.25, 0.3) is 0 Å². The Labute approximate surface area is 170 Å². The van der Waals surface area contributed by atoms with Crippen molar-refractivity contribution < 1.29 is 4.79 Å². The Morgan fingerprint density at radius 2 is 2.07 bits per heavy atom. The Balaban J connectivity index is 1.47. The molecule has 1 amide bonds. The topological polar surface area (TPSA) is 46.1 Å². The Morgan fingerprint density at radius 3 is 2.86 bits per heavy atom. The van der Waals surface area contributed by atoms with Crippen molar-refractivity contribution in [1.29, 1.82) is 0 Å². The van der Waals surface area contributed by atoms with Gasteiger partial charge in [0.05, 0.1) is 12.1 Å². The third kappa shape index (κ3) is 4.14. The third-order valence-electron chi connectivity index (χ3n) is 5.34. The van der Waals surface area contributed by atoms with Crippen LogP contribution in [-0.2, 0) is 24.1 Å². The highest BCUT2D eigenvalue weighted by Gasteiger charge is 2.27. The van der Waals surface area contributed by atoms with E-state index in [9.17, 15) is 4.79 Å². The summed E-state index contributed by atoms with van der Waals surface area (Å²) in [7, 11) is 0. The van der Waals surface area contributed by atoms with Gasteiger partial charge in [-0.05, 0) is 48.9 Å². The lowest BCUT2D eigenvalue weighted by molar-refractivity contribution is -0.133. The summed E-state index contributed by atoms with van der Waals surface area (Å²) in [4.78, 5) is 24.1. The highest BCUT2D eigenvalue weighted by Crippen LogP contribution is 2.26. The van der Waals surface area contributed by atoms with Gasteiger partial charge < -0.3 is 4.90 Å². The number of carbonyl (C=O) groups excluding carboxylic acids is 1. The zero-order valence-corrected chi connectivity index (χ0v) is 17.0. The first kappa shape index (κ1) is 18.8. The Kier molecular flexibility index (Phi) is 5.81. The molecule has 0 radical (unpaired) electrons. The average molecular weight is 392 g/mol. The second-order valence-electron chi connectivity index (χ2n) is 7.31. The van der Waals surface area contributed by atoms with E-state index in [2.05, 4.69) is 46.1 Å². The van der Waals surface area contributed by atoms with Gasteiger partial charge in [-0.2, -0.15) is 0 Å². The number of aromatic nitrogens is 2. The lowest BCUT2D eigenvalue weighted by Gasteiger charge is -2.35. The van der Waals surface area contributed by atoms with Gasteiger partial charge in [-0.3, -0.25) is 9.78 Å². The molecule has 2 aromatic heterocycles. The average Bonchev–Trinajstić information content (AvgIpc) is 3.20. The van der Waals surface area contributed by atoms with Crippen molar-refractivity contribution in [2.75, 3.05) is 6.54 Å². The summed E-state index contributed by atoms with van der Waals surface area (Å²) in [5.41, 5.74) is 4.68. The van der Waals surface area contributed by atoms with Crippen molar-refractivity contribution >= 4 is 17.2 Å². The minimum atomic E-state index is 0.189. The summed E-state index contributed by atoms with van der Waals surface area (Å²) in [6, 6.07) is 12.8. The number of pyridine rings is 1. The molecular formula is C23H25N3OS. The van der Waals surface area contributed by atoms with E-state index in [1.165, 1.54) is 11.1 Å². The van der Waals surface area contributed by atoms with Gasteiger partial charge in [0.2, 0.25) is 5.91 Å². The van der Waals surface area contributed by atoms with Crippen molar-refractivity contribution in [2.45, 2.75) is 45.1 Å². The van der Waals surface area contributed by atoms with E-state index in [0.717, 1.165) is 48.5 Å². The van der Waals surface area contributed by atoms with Crippen LogP contribution in [0.2, 0.25) is 0 Å². The van der Waals surface area contributed by atoms with Crippen molar-refractivity contribution in [3.8, 4) is 10.6 Å². The summed E-state index contributed by atoms with van der Waals surface area (Å²) in [5.74, 6) is 0.189. The standard InChI is InChI=1S/C23H25N3OS/c1-2-12-26(21-10-9-17-6-3-4-7-18(17)13-21)22(27)14-20-16-28-23(25-20)19-8-5-11-24-15-19/h3-8,11,15-16,21H,2,9-10,12-14H2,1H3. The van der Waals surface area contributed by atoms with Crippen LogP contribution in [0.25, 0.3) is 10.6 Å². The van der Waals surface area contributed by atoms with Crippen LogP contribution < -0.4 is 0 Å². The molecule has 5 heteroatoms. The van der Waals surface area contributed by atoms with Crippen molar-refractivity contribution in [2.24, 2.45) is 0 Å². The van der Waals surface area contributed by atoms with E-state index >= 15 is 0 Å². The number of nitrogens with zero attached hydrogens (tertiary/aromatic N) is 3. The van der Waals surface area contributed by atoms with Crippen molar-refractivity contribution in [1.82, 2.24) is 14.9 Å². The molecule has 1 aromatic carbocycles. The Hall–Kier alpha value is -2.53. The molecule has 1 aliphatic rings. The van der Waals surface area contributed by atoms with Gasteiger partial charge in [-0.1, -0.05) is 31.2 Å². The Morgan fingerprint density at radius 1 is 1.21 bits per heavy atom. The minimum absolute atomic E-state index is 0.189. The zero-order valence-electron chi connectivity index (χ0n) is 16.2. The predicted octanol–water partition coefficient (Wildman–Crippen LogP) is 4.54. The van der Waals surface area contributed by atoms with Crippen molar-refractivity contribution in [3.63, 3.8) is 0 Å². The van der Waals surface area contributed by atoms with E-state index in [1.807, 2.05) is 23.7 Å². The number of amides is 1. The van der Waals surface area contributed by atoms with Gasteiger partial charge in [0, 0.05) is 35.9 Å². The summed E-state index contributed by atoms with van der Waals surface area (Å²) in [5, 5.41) is 2.92. The molecule has 2 heterocycles. The molecule has 1 unspecified atom stereocenters. The van der Waals surface area contributed by atoms with E-state index in [4.69, 9.17) is 0 Å². The normalized spacial score (nSPS) is 15.8. The molecule has 1 aliphatic carbocycles. The minimum Gasteiger partial charge on any atom is -0.339 e. The first-order chi connectivity index (χ1) is 13.7. The number of hydrogen-bond acceptors (Lipinski definition) is 4. The highest BCUT2D eigenvalue weighted by atomic mass is 32.1. The van der Waals surface area contributed by atoms with Crippen LogP contribution in [0, 0.1) is 0 Å². The smallest absolute Gasteiger partial charge is 0.228 e. The molecule has 1 atom stereocenters. The summed E-state index contributed by atoms with van der Waals surface area (Å²) in [6.45, 7) is 2.95. The summed E-state index contributed by atoms with van der Waals surface area (Å²) >= 11 is 1.57. The van der Waals surface area contributed by atoms with Crippen LogP contribution in [0.4, 0.5) is 0 Å². The zero-order chi connectivity index (χ0) is 19.3. The summed E-state index contributed by atoms with van der Waals surface area (Å²) in [6.07, 6.45) is 7.97. The molecule has 0 aliphatic heterocycles. The highest BCUT2D eigenvalue weighted by molar-refractivity contribution is 7.13. The molecule has 0 bridgehead atoms. The number of benzene rings is 1. The SMILES string of the molecule is CCCN(C(=O)Cc1csc(-c2cccnc2)n1)C1CCc2ccccc2C1. The van der Waals surface area contributed by atoms with Gasteiger partial charge in [-0.25, -0.2) is 4.98 Å². The molecule has 4 rings (SSSR count). The van der Waals surface area contributed by atoms with Gasteiger partial charge in [0.15, 0.2) is 0 Å². The third-order valence-corrected chi connectivity index (χ3v) is 6.28. The molecule has 0 N–H and O–H groups in total. The predicted molar refractivity (Wildman–Crippen MR) is 113 cm³/mol. The molecule has 0 saturated heterocycles. The molecule has 0 fully saturated rings. The van der Waals surface area contributed by atoms with Crippen LogP contribution in [0.15, 0.2) is 54.2 Å². The van der Waals surface area contributed by atoms with E-state index in [1.54, 1.807) is 17.5 Å². The number of hydrogen-bond donors (Lipinski definition) is 0. The van der Waals surface area contributed by atoms with E-state index in [0.29, 0.717) is 12.5 Å². The van der Waals surface area contributed by atoms with E-state index in [-0.39, 0.29) is 5.91 Å². The maximum atomic E-state index is 13.1. The van der Waals surface area contributed by atoms with Crippen LogP contribution in [0.3, 0.4) is 0 Å². The van der Waals surface area contributed by atoms with Gasteiger partial charge in [0.1, 0.15) is 5.01 Å². The van der Waals surface area contributed by atoms with Crippen LogP contribution in [0.5, 0.6) is 0 Å². The van der Waals surface area contributed by atoms with Crippen LogP contribution in [0.1, 0.15) is 36.6 Å². The fourth-order valence-corrected chi connectivity index (χ4v) is 4.77. The molecule has 3 aromatic rings. The number of carbonyl (C=O) groups is 1. The Bertz CT molecular complexity index is 938. The first-order valence-electron chi connectivity index (χ1n) is 9.95.